The molecular formula is C23H23NO4. The first-order valence-electron chi connectivity index (χ1n) is 9.36. The molecule has 0 saturated carbocycles. The van der Waals surface area contributed by atoms with Gasteiger partial charge in [0.05, 0.1) is 17.7 Å². The maximum absolute atomic E-state index is 12.8. The number of ether oxygens (including phenoxy) is 2. The fourth-order valence-electron chi connectivity index (χ4n) is 3.16. The number of benzene rings is 2. The van der Waals surface area contributed by atoms with Crippen molar-refractivity contribution in [2.45, 2.75) is 27.2 Å². The summed E-state index contributed by atoms with van der Waals surface area (Å²) in [5.74, 6) is -0.0739. The molecule has 0 fully saturated rings. The van der Waals surface area contributed by atoms with Crippen molar-refractivity contribution < 1.29 is 19.1 Å². The van der Waals surface area contributed by atoms with Gasteiger partial charge in [-0.2, -0.15) is 0 Å². The van der Waals surface area contributed by atoms with Crippen LogP contribution in [-0.4, -0.2) is 30.0 Å². The van der Waals surface area contributed by atoms with Gasteiger partial charge in [-0.3, -0.25) is 9.78 Å². The van der Waals surface area contributed by atoms with Crippen molar-refractivity contribution in [3.05, 3.63) is 70.9 Å². The number of rotatable bonds is 7. The highest BCUT2D eigenvalue weighted by atomic mass is 16.5. The summed E-state index contributed by atoms with van der Waals surface area (Å²) >= 11 is 0. The molecule has 0 saturated heterocycles. The van der Waals surface area contributed by atoms with E-state index < -0.39 is 5.97 Å². The van der Waals surface area contributed by atoms with Crippen molar-refractivity contribution in [1.82, 2.24) is 4.98 Å². The third-order valence-electron chi connectivity index (χ3n) is 4.60. The van der Waals surface area contributed by atoms with Gasteiger partial charge in [-0.1, -0.05) is 25.1 Å². The number of aromatic nitrogens is 1. The van der Waals surface area contributed by atoms with Crippen LogP contribution in [0.25, 0.3) is 10.9 Å². The first-order valence-corrected chi connectivity index (χ1v) is 9.36. The van der Waals surface area contributed by atoms with E-state index in [4.69, 9.17) is 9.47 Å². The zero-order valence-electron chi connectivity index (χ0n) is 16.3. The van der Waals surface area contributed by atoms with Crippen LogP contribution in [-0.2, 0) is 11.2 Å². The number of pyridine rings is 1. The van der Waals surface area contributed by atoms with Crippen molar-refractivity contribution >= 4 is 22.7 Å². The molecular weight excluding hydrogens is 354 g/mol. The Bertz CT molecular complexity index is 1010. The Hall–Kier alpha value is -3.21. The summed E-state index contributed by atoms with van der Waals surface area (Å²) in [4.78, 5) is 29.8. The van der Waals surface area contributed by atoms with Gasteiger partial charge in [-0.05, 0) is 56.2 Å². The number of esters is 1. The Labute approximate surface area is 164 Å². The van der Waals surface area contributed by atoms with Crippen LogP contribution in [0.3, 0.4) is 0 Å². The Balaban J connectivity index is 1.79. The van der Waals surface area contributed by atoms with Gasteiger partial charge in [0.2, 0.25) is 0 Å². The number of ketones is 1. The minimum Gasteiger partial charge on any atom is -0.494 e. The standard InChI is InChI=1S/C23H23NO4/c1-4-19-15(3)22(18-8-6-7-9-20(18)24-19)23(26)28-14-21(25)16-10-12-17(13-11-16)27-5-2/h6-13H,4-5,14H2,1-3H3. The average molecular weight is 377 g/mol. The Morgan fingerprint density at radius 3 is 2.39 bits per heavy atom. The fourth-order valence-corrected chi connectivity index (χ4v) is 3.16. The molecule has 1 heterocycles. The third kappa shape index (κ3) is 4.03. The summed E-state index contributed by atoms with van der Waals surface area (Å²) in [5, 5.41) is 0.732. The molecule has 0 spiro atoms. The molecule has 144 valence electrons. The first kappa shape index (κ1) is 19.5. The maximum Gasteiger partial charge on any atom is 0.339 e. The molecule has 28 heavy (non-hydrogen) atoms. The van der Waals surface area contributed by atoms with Crippen molar-refractivity contribution in [2.24, 2.45) is 0 Å². The lowest BCUT2D eigenvalue weighted by Crippen LogP contribution is -2.16. The van der Waals surface area contributed by atoms with Crippen LogP contribution < -0.4 is 4.74 Å². The van der Waals surface area contributed by atoms with Crippen LogP contribution in [0.1, 0.15) is 45.8 Å². The van der Waals surface area contributed by atoms with Crippen LogP contribution in [0.4, 0.5) is 0 Å². The lowest BCUT2D eigenvalue weighted by Gasteiger charge is -2.13. The summed E-state index contributed by atoms with van der Waals surface area (Å²) in [7, 11) is 0. The monoisotopic (exact) mass is 377 g/mol. The lowest BCUT2D eigenvalue weighted by molar-refractivity contribution is 0.0476. The minimum absolute atomic E-state index is 0.261. The number of fused-ring (bicyclic) bond motifs is 1. The van der Waals surface area contributed by atoms with Gasteiger partial charge in [0.15, 0.2) is 12.4 Å². The quantitative estimate of drug-likeness (QED) is 0.447. The second-order valence-electron chi connectivity index (χ2n) is 6.39. The van der Waals surface area contributed by atoms with Gasteiger partial charge < -0.3 is 9.47 Å². The van der Waals surface area contributed by atoms with E-state index in [0.717, 1.165) is 22.2 Å². The Morgan fingerprint density at radius 2 is 1.71 bits per heavy atom. The first-order chi connectivity index (χ1) is 13.5. The number of hydrogen-bond donors (Lipinski definition) is 0. The van der Waals surface area contributed by atoms with Crippen LogP contribution >= 0.6 is 0 Å². The summed E-state index contributed by atoms with van der Waals surface area (Å²) in [6, 6.07) is 14.3. The maximum atomic E-state index is 12.8. The molecule has 0 aliphatic heterocycles. The SMILES string of the molecule is CCOc1ccc(C(=O)COC(=O)c2c(C)c(CC)nc3ccccc23)cc1. The largest absolute Gasteiger partial charge is 0.494 e. The number of carbonyl (C=O) groups is 2. The molecule has 5 heteroatoms. The molecule has 0 N–H and O–H groups in total. The molecule has 3 rings (SSSR count). The highest BCUT2D eigenvalue weighted by Crippen LogP contribution is 2.24. The number of aryl methyl sites for hydroxylation is 1. The second kappa shape index (κ2) is 8.65. The zero-order chi connectivity index (χ0) is 20.1. The molecule has 2 aromatic carbocycles. The lowest BCUT2D eigenvalue weighted by atomic mass is 10.0. The fraction of sp³-hybridized carbons (Fsp3) is 0.261. The van der Waals surface area contributed by atoms with E-state index in [1.54, 1.807) is 24.3 Å². The van der Waals surface area contributed by atoms with Crippen molar-refractivity contribution in [1.29, 1.82) is 0 Å². The highest BCUT2D eigenvalue weighted by Gasteiger charge is 2.19. The van der Waals surface area contributed by atoms with Gasteiger partial charge in [0.1, 0.15) is 5.75 Å². The van der Waals surface area contributed by atoms with Crippen LogP contribution in [0, 0.1) is 6.92 Å². The molecule has 0 atom stereocenters. The van der Waals surface area contributed by atoms with Gasteiger partial charge in [-0.25, -0.2) is 4.79 Å². The smallest absolute Gasteiger partial charge is 0.339 e. The zero-order valence-corrected chi connectivity index (χ0v) is 16.3. The number of Topliss-reactive ketones (excluding diaryl/α,β-unsaturated/α-hetero) is 1. The van der Waals surface area contributed by atoms with Crippen LogP contribution in [0.15, 0.2) is 48.5 Å². The molecule has 3 aromatic rings. The number of nitrogens with zero attached hydrogens (tertiary/aromatic N) is 1. The van der Waals surface area contributed by atoms with E-state index >= 15 is 0 Å². The predicted octanol–water partition coefficient (Wildman–Crippen LogP) is 4.54. The normalized spacial score (nSPS) is 10.7. The predicted molar refractivity (Wildman–Crippen MR) is 108 cm³/mol. The number of hydrogen-bond acceptors (Lipinski definition) is 5. The van der Waals surface area contributed by atoms with E-state index in [-0.39, 0.29) is 12.4 Å². The molecule has 5 nitrogen and oxygen atoms in total. The van der Waals surface area contributed by atoms with Gasteiger partial charge in [0.25, 0.3) is 0 Å². The van der Waals surface area contributed by atoms with E-state index in [0.29, 0.717) is 29.9 Å². The molecule has 0 amide bonds. The van der Waals surface area contributed by atoms with Crippen molar-refractivity contribution in [2.75, 3.05) is 13.2 Å². The molecule has 0 aliphatic carbocycles. The number of para-hydroxylation sites is 1. The molecule has 0 unspecified atom stereocenters. The summed E-state index contributed by atoms with van der Waals surface area (Å²) in [6.07, 6.45) is 0.710. The molecule has 0 bridgehead atoms. The topological polar surface area (TPSA) is 65.5 Å². The van der Waals surface area contributed by atoms with E-state index in [2.05, 4.69) is 4.98 Å². The van der Waals surface area contributed by atoms with Gasteiger partial charge >= 0.3 is 5.97 Å². The van der Waals surface area contributed by atoms with Crippen LogP contribution in [0.5, 0.6) is 5.75 Å². The van der Waals surface area contributed by atoms with E-state index in [9.17, 15) is 9.59 Å². The summed E-state index contributed by atoms with van der Waals surface area (Å²) in [5.41, 5.74) is 3.33. The van der Waals surface area contributed by atoms with Gasteiger partial charge in [0, 0.05) is 16.6 Å². The molecule has 0 radical (unpaired) electrons. The number of carbonyl (C=O) groups excluding carboxylic acids is 2. The highest BCUT2D eigenvalue weighted by molar-refractivity contribution is 6.06. The summed E-state index contributed by atoms with van der Waals surface area (Å²) in [6.45, 7) is 6.00. The Kier molecular flexibility index (Phi) is 6.04. The Morgan fingerprint density at radius 1 is 1.00 bits per heavy atom. The van der Waals surface area contributed by atoms with Gasteiger partial charge in [-0.15, -0.1) is 0 Å². The average Bonchev–Trinajstić information content (AvgIpc) is 2.72. The van der Waals surface area contributed by atoms with E-state index in [1.165, 1.54) is 0 Å². The minimum atomic E-state index is -0.509. The van der Waals surface area contributed by atoms with Crippen molar-refractivity contribution in [3.8, 4) is 5.75 Å². The van der Waals surface area contributed by atoms with Crippen molar-refractivity contribution in [3.63, 3.8) is 0 Å². The molecule has 0 aliphatic rings. The van der Waals surface area contributed by atoms with E-state index in [1.807, 2.05) is 45.0 Å². The second-order valence-corrected chi connectivity index (χ2v) is 6.39. The van der Waals surface area contributed by atoms with Crippen LogP contribution in [0.2, 0.25) is 0 Å². The summed E-state index contributed by atoms with van der Waals surface area (Å²) < 4.78 is 10.7. The molecule has 1 aromatic heterocycles. The third-order valence-corrected chi connectivity index (χ3v) is 4.60.